The van der Waals surface area contributed by atoms with E-state index in [0.29, 0.717) is 39.5 Å². The van der Waals surface area contributed by atoms with Crippen molar-refractivity contribution in [3.63, 3.8) is 0 Å². The average molecular weight is 576 g/mol. The van der Waals surface area contributed by atoms with E-state index in [1.165, 1.54) is 16.2 Å². The van der Waals surface area contributed by atoms with Crippen LogP contribution in [0.4, 0.5) is 5.13 Å². The zero-order valence-electron chi connectivity index (χ0n) is 19.3. The number of ether oxygens (including phenoxy) is 1. The van der Waals surface area contributed by atoms with Crippen LogP contribution in [0.3, 0.4) is 0 Å². The number of amides is 1. The molecule has 5 aromatic rings. The summed E-state index contributed by atoms with van der Waals surface area (Å²) >= 11 is 4.69. The second kappa shape index (κ2) is 9.13. The number of furan rings is 1. The molecule has 8 nitrogen and oxygen atoms in total. The number of Topliss-reactive ketones (excluding diaryl/α,β-unsaturated/α-hetero) is 1. The number of thiazole rings is 1. The van der Waals surface area contributed by atoms with Crippen molar-refractivity contribution in [3.05, 3.63) is 94.1 Å². The topological polar surface area (TPSA) is 106 Å². The summed E-state index contributed by atoms with van der Waals surface area (Å²) in [7, 11) is 0. The molecule has 0 saturated carbocycles. The van der Waals surface area contributed by atoms with Gasteiger partial charge in [0, 0.05) is 22.3 Å². The Labute approximate surface area is 223 Å². The lowest BCUT2D eigenvalue weighted by atomic mass is 9.96. The van der Waals surface area contributed by atoms with Gasteiger partial charge in [-0.25, -0.2) is 4.98 Å². The number of fused-ring (bicyclic) bond motifs is 2. The molecule has 0 spiro atoms. The molecule has 0 fully saturated rings. The van der Waals surface area contributed by atoms with E-state index in [1.807, 2.05) is 31.2 Å². The minimum atomic E-state index is -0.944. The molecule has 0 radical (unpaired) electrons. The third kappa shape index (κ3) is 3.98. The summed E-state index contributed by atoms with van der Waals surface area (Å²) in [6, 6.07) is 15.0. The predicted molar refractivity (Wildman–Crippen MR) is 143 cm³/mol. The molecule has 1 amide bonds. The summed E-state index contributed by atoms with van der Waals surface area (Å²) in [4.78, 5) is 37.4. The first-order valence-electron chi connectivity index (χ1n) is 11.4. The first kappa shape index (κ1) is 23.4. The van der Waals surface area contributed by atoms with Crippen LogP contribution in [0, 0.1) is 0 Å². The van der Waals surface area contributed by atoms with Gasteiger partial charge in [0.25, 0.3) is 5.91 Å². The first-order chi connectivity index (χ1) is 17.9. The summed E-state index contributed by atoms with van der Waals surface area (Å²) in [5.41, 5.74) is 1.65. The van der Waals surface area contributed by atoms with Gasteiger partial charge in [-0.2, -0.15) is 0 Å². The molecule has 0 bridgehead atoms. The summed E-state index contributed by atoms with van der Waals surface area (Å²) in [6.45, 7) is 2.42. The zero-order valence-corrected chi connectivity index (χ0v) is 21.7. The Bertz CT molecular complexity index is 1730. The summed E-state index contributed by atoms with van der Waals surface area (Å²) in [5, 5.41) is 12.1. The van der Waals surface area contributed by atoms with Crippen LogP contribution in [0.2, 0.25) is 0 Å². The molecule has 6 rings (SSSR count). The number of aliphatic hydroxyl groups excluding tert-OH is 1. The molecule has 1 aliphatic rings. The van der Waals surface area contributed by atoms with E-state index in [1.54, 1.807) is 42.7 Å². The molecular formula is C27H18BrN3O5S. The number of rotatable bonds is 6. The molecule has 1 unspecified atom stereocenters. The van der Waals surface area contributed by atoms with Crippen molar-refractivity contribution >= 4 is 65.3 Å². The van der Waals surface area contributed by atoms with Gasteiger partial charge in [0.15, 0.2) is 16.7 Å². The number of benzene rings is 2. The van der Waals surface area contributed by atoms with Crippen LogP contribution in [0.5, 0.6) is 5.75 Å². The van der Waals surface area contributed by atoms with Crippen molar-refractivity contribution < 1.29 is 23.8 Å². The minimum absolute atomic E-state index is 0.0175. The second-order valence-electron chi connectivity index (χ2n) is 8.31. The first-order valence-corrected chi connectivity index (χ1v) is 13.0. The standard InChI is InChI=1S/C27H18BrN3O5S/c1-2-35-17-6-7-18-21(12-17)37-27(30-18)31-23(14-4-3-9-29-13-14)22(25(33)26(31)34)24(32)20-11-15-10-16(28)5-8-19(15)36-20/h3-13,23,33H,2H2,1H3. The van der Waals surface area contributed by atoms with Crippen molar-refractivity contribution in [1.82, 2.24) is 9.97 Å². The lowest BCUT2D eigenvalue weighted by Gasteiger charge is -2.23. The van der Waals surface area contributed by atoms with E-state index in [-0.39, 0.29) is 11.3 Å². The maximum absolute atomic E-state index is 13.8. The van der Waals surface area contributed by atoms with Crippen LogP contribution in [0.15, 0.2) is 87.2 Å². The highest BCUT2D eigenvalue weighted by atomic mass is 79.9. The minimum Gasteiger partial charge on any atom is -0.503 e. The normalized spacial score (nSPS) is 15.8. The summed E-state index contributed by atoms with van der Waals surface area (Å²) < 4.78 is 13.0. The number of carbonyl (C=O) groups is 2. The third-order valence-corrected chi connectivity index (χ3v) is 7.53. The summed E-state index contributed by atoms with van der Waals surface area (Å²) in [6.07, 6.45) is 3.16. The van der Waals surface area contributed by atoms with E-state index in [4.69, 9.17) is 9.15 Å². The number of hydrogen-bond donors (Lipinski definition) is 1. The number of halogens is 1. The maximum atomic E-state index is 13.8. The van der Waals surface area contributed by atoms with E-state index < -0.39 is 23.5 Å². The van der Waals surface area contributed by atoms with Gasteiger partial charge in [0.1, 0.15) is 11.3 Å². The van der Waals surface area contributed by atoms with Crippen LogP contribution in [-0.2, 0) is 4.79 Å². The van der Waals surface area contributed by atoms with E-state index in [0.717, 1.165) is 9.17 Å². The number of nitrogens with zero attached hydrogens (tertiary/aromatic N) is 3. The van der Waals surface area contributed by atoms with Crippen molar-refractivity contribution in [2.75, 3.05) is 11.5 Å². The Morgan fingerprint density at radius 1 is 1.22 bits per heavy atom. The van der Waals surface area contributed by atoms with Gasteiger partial charge in [0.05, 0.1) is 28.4 Å². The van der Waals surface area contributed by atoms with Gasteiger partial charge >= 0.3 is 0 Å². The Hall–Kier alpha value is -4.02. The number of anilines is 1. The predicted octanol–water partition coefficient (Wildman–Crippen LogP) is 6.38. The van der Waals surface area contributed by atoms with Gasteiger partial charge < -0.3 is 14.3 Å². The van der Waals surface area contributed by atoms with Crippen LogP contribution in [-0.4, -0.2) is 33.4 Å². The zero-order chi connectivity index (χ0) is 25.7. The molecule has 2 aromatic carbocycles. The number of aromatic nitrogens is 2. The average Bonchev–Trinajstić information content (AvgIpc) is 3.58. The number of pyridine rings is 1. The van der Waals surface area contributed by atoms with Gasteiger partial charge in [-0.3, -0.25) is 19.5 Å². The van der Waals surface area contributed by atoms with Crippen molar-refractivity contribution in [2.45, 2.75) is 13.0 Å². The molecule has 0 aliphatic carbocycles. The van der Waals surface area contributed by atoms with Crippen LogP contribution in [0.25, 0.3) is 21.2 Å². The third-order valence-electron chi connectivity index (χ3n) is 6.02. The smallest absolute Gasteiger partial charge is 0.296 e. The SMILES string of the molecule is CCOc1ccc2nc(N3C(=O)C(O)=C(C(=O)c4cc5cc(Br)ccc5o4)C3c3cccnc3)sc2c1. The molecular weight excluding hydrogens is 558 g/mol. The van der Waals surface area contributed by atoms with Crippen LogP contribution in [0.1, 0.15) is 29.1 Å². The number of aliphatic hydroxyl groups is 1. The highest BCUT2D eigenvalue weighted by molar-refractivity contribution is 9.10. The fraction of sp³-hybridized carbons (Fsp3) is 0.111. The highest BCUT2D eigenvalue weighted by Crippen LogP contribution is 2.44. The largest absolute Gasteiger partial charge is 0.503 e. The Morgan fingerprint density at radius 3 is 2.86 bits per heavy atom. The number of hydrogen-bond acceptors (Lipinski definition) is 8. The summed E-state index contributed by atoms with van der Waals surface area (Å²) in [5.74, 6) is -1.25. The lowest BCUT2D eigenvalue weighted by molar-refractivity contribution is -0.117. The molecule has 4 heterocycles. The van der Waals surface area contributed by atoms with Crippen molar-refractivity contribution in [2.24, 2.45) is 0 Å². The van der Waals surface area contributed by atoms with E-state index in [9.17, 15) is 14.7 Å². The Morgan fingerprint density at radius 2 is 2.08 bits per heavy atom. The van der Waals surface area contributed by atoms with Gasteiger partial charge in [-0.05, 0) is 61.0 Å². The van der Waals surface area contributed by atoms with Crippen LogP contribution >= 0.6 is 27.3 Å². The molecule has 1 aliphatic heterocycles. The molecule has 0 saturated heterocycles. The number of carbonyl (C=O) groups excluding carboxylic acids is 2. The monoisotopic (exact) mass is 575 g/mol. The Kier molecular flexibility index (Phi) is 5.77. The van der Waals surface area contributed by atoms with Crippen molar-refractivity contribution in [3.8, 4) is 5.75 Å². The molecule has 1 N–H and O–H groups in total. The van der Waals surface area contributed by atoms with Gasteiger partial charge in [-0.1, -0.05) is 33.3 Å². The maximum Gasteiger partial charge on any atom is 0.296 e. The van der Waals surface area contributed by atoms with Gasteiger partial charge in [-0.15, -0.1) is 0 Å². The molecule has 1 atom stereocenters. The van der Waals surface area contributed by atoms with E-state index in [2.05, 4.69) is 25.9 Å². The van der Waals surface area contributed by atoms with Crippen LogP contribution < -0.4 is 9.64 Å². The molecule has 10 heteroatoms. The fourth-order valence-electron chi connectivity index (χ4n) is 4.40. The Balaban J connectivity index is 1.47. The molecule has 37 heavy (non-hydrogen) atoms. The van der Waals surface area contributed by atoms with Gasteiger partial charge in [0.2, 0.25) is 5.78 Å². The van der Waals surface area contributed by atoms with E-state index >= 15 is 0 Å². The van der Waals surface area contributed by atoms with Crippen molar-refractivity contribution in [1.29, 1.82) is 0 Å². The molecule has 3 aromatic heterocycles. The quantitative estimate of drug-likeness (QED) is 0.234. The number of ketones is 1. The highest BCUT2D eigenvalue weighted by Gasteiger charge is 2.46. The lowest BCUT2D eigenvalue weighted by Crippen LogP contribution is -2.31. The fourth-order valence-corrected chi connectivity index (χ4v) is 5.80. The molecule has 184 valence electrons. The second-order valence-corrected chi connectivity index (χ2v) is 10.2.